The fraction of sp³-hybridized carbons (Fsp3) is 0.0667. The molecule has 3 rings (SSSR count). The number of hydrogen-bond acceptors (Lipinski definition) is 4. The SMILES string of the molecule is N=C1NC(=O)/C(=C\c2ccc(-c3cccc(C(F)(F)F)c3)o2)S1. The summed E-state index contributed by atoms with van der Waals surface area (Å²) in [5.74, 6) is 0.184. The van der Waals surface area contributed by atoms with Crippen LogP contribution in [-0.4, -0.2) is 11.1 Å². The number of amides is 1. The van der Waals surface area contributed by atoms with Crippen molar-refractivity contribution in [3.05, 3.63) is 52.6 Å². The number of halogens is 3. The summed E-state index contributed by atoms with van der Waals surface area (Å²) in [4.78, 5) is 11.8. The van der Waals surface area contributed by atoms with E-state index in [4.69, 9.17) is 9.83 Å². The Hall–Kier alpha value is -2.48. The minimum Gasteiger partial charge on any atom is -0.457 e. The van der Waals surface area contributed by atoms with Gasteiger partial charge in [0.05, 0.1) is 10.5 Å². The van der Waals surface area contributed by atoms with Gasteiger partial charge < -0.3 is 9.73 Å². The zero-order chi connectivity index (χ0) is 16.6. The molecule has 1 fully saturated rings. The molecule has 1 saturated heterocycles. The summed E-state index contributed by atoms with van der Waals surface area (Å²) in [5.41, 5.74) is -0.466. The molecule has 0 radical (unpaired) electrons. The minimum atomic E-state index is -4.42. The Balaban J connectivity index is 1.90. The summed E-state index contributed by atoms with van der Waals surface area (Å²) in [7, 11) is 0. The minimum absolute atomic E-state index is 0.0194. The zero-order valence-corrected chi connectivity index (χ0v) is 12.2. The van der Waals surface area contributed by atoms with Crippen molar-refractivity contribution in [3.8, 4) is 11.3 Å². The van der Waals surface area contributed by atoms with Crippen molar-refractivity contribution < 1.29 is 22.4 Å². The van der Waals surface area contributed by atoms with Gasteiger partial charge in [0.25, 0.3) is 5.91 Å². The van der Waals surface area contributed by atoms with Gasteiger partial charge in [-0.3, -0.25) is 10.2 Å². The third-order valence-corrected chi connectivity index (χ3v) is 3.87. The molecule has 8 heteroatoms. The van der Waals surface area contributed by atoms with Crippen molar-refractivity contribution in [1.29, 1.82) is 5.41 Å². The first-order valence-corrected chi connectivity index (χ1v) is 7.21. The highest BCUT2D eigenvalue weighted by atomic mass is 32.2. The summed E-state index contributed by atoms with van der Waals surface area (Å²) in [5, 5.41) is 9.69. The van der Waals surface area contributed by atoms with Crippen molar-refractivity contribution in [2.75, 3.05) is 0 Å². The molecular weight excluding hydrogens is 329 g/mol. The summed E-state index contributed by atoms with van der Waals surface area (Å²) in [6.45, 7) is 0. The molecular formula is C15H9F3N2O2S. The van der Waals surface area contributed by atoms with Gasteiger partial charge >= 0.3 is 6.18 Å². The highest BCUT2D eigenvalue weighted by molar-refractivity contribution is 8.18. The molecule has 0 atom stereocenters. The Morgan fingerprint density at radius 2 is 2.00 bits per heavy atom. The molecule has 1 aromatic heterocycles. The van der Waals surface area contributed by atoms with Crippen molar-refractivity contribution in [2.45, 2.75) is 6.18 Å². The smallest absolute Gasteiger partial charge is 0.416 e. The molecule has 2 heterocycles. The predicted molar refractivity (Wildman–Crippen MR) is 80.6 cm³/mol. The average molecular weight is 338 g/mol. The van der Waals surface area contributed by atoms with Gasteiger partial charge in [-0.25, -0.2) is 0 Å². The topological polar surface area (TPSA) is 66.1 Å². The van der Waals surface area contributed by atoms with E-state index in [1.54, 1.807) is 6.07 Å². The molecule has 0 spiro atoms. The molecule has 1 aliphatic heterocycles. The number of rotatable bonds is 2. The van der Waals surface area contributed by atoms with E-state index < -0.39 is 17.6 Å². The second-order valence-electron chi connectivity index (χ2n) is 4.67. The summed E-state index contributed by atoms with van der Waals surface area (Å²) >= 11 is 0.954. The molecule has 1 aliphatic rings. The number of alkyl halides is 3. The van der Waals surface area contributed by atoms with Crippen LogP contribution in [0.1, 0.15) is 11.3 Å². The summed E-state index contributed by atoms with van der Waals surface area (Å²) < 4.78 is 43.7. The van der Waals surface area contributed by atoms with E-state index in [1.807, 2.05) is 0 Å². The Bertz CT molecular complexity index is 824. The van der Waals surface area contributed by atoms with Crippen LogP contribution in [0.5, 0.6) is 0 Å². The number of benzene rings is 1. The number of carbonyl (C=O) groups excluding carboxylic acids is 1. The van der Waals surface area contributed by atoms with Crippen molar-refractivity contribution >= 4 is 28.9 Å². The molecule has 23 heavy (non-hydrogen) atoms. The second-order valence-corrected chi connectivity index (χ2v) is 5.73. The number of carbonyl (C=O) groups is 1. The van der Waals surface area contributed by atoms with Crippen LogP contribution in [-0.2, 0) is 11.0 Å². The highest BCUT2D eigenvalue weighted by Gasteiger charge is 2.30. The van der Waals surface area contributed by atoms with Crippen LogP contribution in [0.3, 0.4) is 0 Å². The van der Waals surface area contributed by atoms with E-state index in [0.717, 1.165) is 23.9 Å². The van der Waals surface area contributed by atoms with Gasteiger partial charge in [-0.2, -0.15) is 13.2 Å². The molecule has 1 amide bonds. The monoisotopic (exact) mass is 338 g/mol. The van der Waals surface area contributed by atoms with E-state index in [1.165, 1.54) is 24.3 Å². The lowest BCUT2D eigenvalue weighted by atomic mass is 10.1. The molecule has 0 aliphatic carbocycles. The molecule has 4 nitrogen and oxygen atoms in total. The maximum atomic E-state index is 12.7. The van der Waals surface area contributed by atoms with Gasteiger partial charge in [0, 0.05) is 11.6 Å². The second kappa shape index (κ2) is 5.62. The standard InChI is InChI=1S/C15H9F3N2O2S/c16-15(17,18)9-3-1-2-8(6-9)11-5-4-10(22-11)7-12-13(21)20-14(19)23-12/h1-7H,(H2,19,20,21)/b12-7+. The zero-order valence-electron chi connectivity index (χ0n) is 11.4. The van der Waals surface area contributed by atoms with Crippen molar-refractivity contribution in [2.24, 2.45) is 0 Å². The summed E-state index contributed by atoms with van der Waals surface area (Å²) in [6, 6.07) is 7.89. The number of thioether (sulfide) groups is 1. The molecule has 2 aromatic rings. The van der Waals surface area contributed by atoms with E-state index >= 15 is 0 Å². The van der Waals surface area contributed by atoms with Gasteiger partial charge in [-0.1, -0.05) is 12.1 Å². The maximum Gasteiger partial charge on any atom is 0.416 e. The first-order chi connectivity index (χ1) is 10.8. The first-order valence-electron chi connectivity index (χ1n) is 6.40. The molecule has 2 N–H and O–H groups in total. The Morgan fingerprint density at radius 3 is 2.65 bits per heavy atom. The summed E-state index contributed by atoms with van der Waals surface area (Å²) in [6.07, 6.45) is -2.98. The van der Waals surface area contributed by atoms with E-state index in [-0.39, 0.29) is 10.9 Å². The van der Waals surface area contributed by atoms with E-state index in [0.29, 0.717) is 16.2 Å². The lowest BCUT2D eigenvalue weighted by molar-refractivity contribution is -0.137. The predicted octanol–water partition coefficient (Wildman–Crippen LogP) is 4.10. The van der Waals surface area contributed by atoms with Gasteiger partial charge in [-0.05, 0) is 36.0 Å². The lowest BCUT2D eigenvalue weighted by Gasteiger charge is -2.07. The molecule has 1 aromatic carbocycles. The number of amidine groups is 1. The molecule has 0 unspecified atom stereocenters. The van der Waals surface area contributed by atoms with Crippen LogP contribution in [0.2, 0.25) is 0 Å². The van der Waals surface area contributed by atoms with E-state index in [9.17, 15) is 18.0 Å². The van der Waals surface area contributed by atoms with Crippen LogP contribution in [0.4, 0.5) is 13.2 Å². The normalized spacial score (nSPS) is 16.9. The fourth-order valence-electron chi connectivity index (χ4n) is 2.01. The number of hydrogen-bond donors (Lipinski definition) is 2. The van der Waals surface area contributed by atoms with Gasteiger partial charge in [0.15, 0.2) is 5.17 Å². The average Bonchev–Trinajstić information content (AvgIpc) is 3.06. The third-order valence-electron chi connectivity index (χ3n) is 3.04. The van der Waals surface area contributed by atoms with Gasteiger partial charge in [0.2, 0.25) is 0 Å². The lowest BCUT2D eigenvalue weighted by Crippen LogP contribution is -2.18. The van der Waals surface area contributed by atoms with Crippen LogP contribution in [0.25, 0.3) is 17.4 Å². The van der Waals surface area contributed by atoms with Crippen molar-refractivity contribution in [1.82, 2.24) is 5.32 Å². The first kappa shape index (κ1) is 15.4. The number of nitrogens with one attached hydrogen (secondary N) is 2. The van der Waals surface area contributed by atoms with Gasteiger partial charge in [-0.15, -0.1) is 0 Å². The quantitative estimate of drug-likeness (QED) is 0.810. The molecule has 118 valence electrons. The molecule has 0 saturated carbocycles. The number of furan rings is 1. The Labute approximate surface area is 132 Å². The van der Waals surface area contributed by atoms with E-state index in [2.05, 4.69) is 5.32 Å². The van der Waals surface area contributed by atoms with Gasteiger partial charge in [0.1, 0.15) is 11.5 Å². The van der Waals surface area contributed by atoms with Crippen LogP contribution in [0.15, 0.2) is 45.7 Å². The Kier molecular flexibility index (Phi) is 3.77. The van der Waals surface area contributed by atoms with Crippen LogP contribution >= 0.6 is 11.8 Å². The highest BCUT2D eigenvalue weighted by Crippen LogP contribution is 2.33. The largest absolute Gasteiger partial charge is 0.457 e. The maximum absolute atomic E-state index is 12.7. The van der Waals surface area contributed by atoms with Crippen LogP contribution in [0, 0.1) is 5.41 Å². The van der Waals surface area contributed by atoms with Crippen molar-refractivity contribution in [3.63, 3.8) is 0 Å². The van der Waals surface area contributed by atoms with Crippen LogP contribution < -0.4 is 5.32 Å². The molecule has 0 bridgehead atoms. The fourth-order valence-corrected chi connectivity index (χ4v) is 2.69. The third kappa shape index (κ3) is 3.31. The Morgan fingerprint density at radius 1 is 1.22 bits per heavy atom.